The molecule has 0 radical (unpaired) electrons. The summed E-state index contributed by atoms with van der Waals surface area (Å²) >= 11 is 0. The molecule has 0 unspecified atom stereocenters. The lowest BCUT2D eigenvalue weighted by atomic mass is 10.1. The Balaban J connectivity index is 2.01. The van der Waals surface area contributed by atoms with E-state index in [1.54, 1.807) is 0 Å². The van der Waals surface area contributed by atoms with Gasteiger partial charge in [0.2, 0.25) is 0 Å². The molecule has 1 aliphatic heterocycles. The molecule has 1 saturated heterocycles. The van der Waals surface area contributed by atoms with E-state index in [0.717, 1.165) is 31.9 Å². The predicted molar refractivity (Wildman–Crippen MR) is 75.3 cm³/mol. The maximum absolute atomic E-state index is 12.8. The van der Waals surface area contributed by atoms with Gasteiger partial charge in [0, 0.05) is 18.3 Å². The number of piperidine rings is 1. The third-order valence-electron chi connectivity index (χ3n) is 3.91. The molecule has 1 aliphatic rings. The van der Waals surface area contributed by atoms with Gasteiger partial charge in [0.1, 0.15) is 0 Å². The van der Waals surface area contributed by atoms with Crippen molar-refractivity contribution in [3.05, 3.63) is 33.7 Å². The predicted octanol–water partition coefficient (Wildman–Crippen LogP) is 3.05. The molecule has 2 rings (SSSR count). The monoisotopic (exact) mass is 302 g/mol. The van der Waals surface area contributed by atoms with Crippen molar-refractivity contribution in [3.63, 3.8) is 0 Å². The van der Waals surface area contributed by atoms with E-state index in [1.165, 1.54) is 30.8 Å². The first kappa shape index (κ1) is 16.1. The average molecular weight is 302 g/mol. The lowest BCUT2D eigenvalue weighted by Gasteiger charge is -2.26. The maximum Gasteiger partial charge on any atom is 0.417 e. The second-order valence-electron chi connectivity index (χ2n) is 5.66. The first-order chi connectivity index (χ1) is 9.88. The molecule has 3 nitrogen and oxygen atoms in total. The Kier molecular flexibility index (Phi) is 5.08. The Morgan fingerprint density at radius 1 is 1.14 bits per heavy atom. The molecule has 1 aromatic heterocycles. The van der Waals surface area contributed by atoms with Crippen molar-refractivity contribution in [2.75, 3.05) is 19.6 Å². The molecule has 0 amide bonds. The number of likely N-dealkylation sites (tertiary alicyclic amines) is 1. The lowest BCUT2D eigenvalue weighted by Crippen LogP contribution is -2.32. The van der Waals surface area contributed by atoms with Gasteiger partial charge in [-0.25, -0.2) is 0 Å². The Morgan fingerprint density at radius 3 is 2.43 bits per heavy atom. The molecule has 0 bridgehead atoms. The van der Waals surface area contributed by atoms with E-state index in [4.69, 9.17) is 0 Å². The van der Waals surface area contributed by atoms with Crippen molar-refractivity contribution < 1.29 is 13.2 Å². The van der Waals surface area contributed by atoms with Crippen molar-refractivity contribution in [1.82, 2.24) is 9.47 Å². The zero-order chi connectivity index (χ0) is 15.5. The highest BCUT2D eigenvalue weighted by molar-refractivity contribution is 5.20. The van der Waals surface area contributed by atoms with E-state index >= 15 is 0 Å². The maximum atomic E-state index is 12.8. The topological polar surface area (TPSA) is 25.2 Å². The van der Waals surface area contributed by atoms with Crippen molar-refractivity contribution in [1.29, 1.82) is 0 Å². The van der Waals surface area contributed by atoms with Crippen LogP contribution in [0.15, 0.2) is 17.1 Å². The van der Waals surface area contributed by atoms with Gasteiger partial charge in [0.25, 0.3) is 5.56 Å². The van der Waals surface area contributed by atoms with Gasteiger partial charge < -0.3 is 9.47 Å². The molecule has 0 N–H and O–H groups in total. The lowest BCUT2D eigenvalue weighted by molar-refractivity contribution is -0.138. The van der Waals surface area contributed by atoms with Crippen molar-refractivity contribution >= 4 is 0 Å². The van der Waals surface area contributed by atoms with E-state index in [1.807, 2.05) is 0 Å². The summed E-state index contributed by atoms with van der Waals surface area (Å²) in [6.45, 7) is 4.70. The summed E-state index contributed by atoms with van der Waals surface area (Å²) < 4.78 is 39.5. The largest absolute Gasteiger partial charge is 0.417 e. The van der Waals surface area contributed by atoms with Crippen molar-refractivity contribution in [2.24, 2.45) is 0 Å². The molecule has 118 valence electrons. The molecule has 6 heteroatoms. The minimum Gasteiger partial charge on any atom is -0.315 e. The summed E-state index contributed by atoms with van der Waals surface area (Å²) in [5.74, 6) is 0. The fourth-order valence-corrected chi connectivity index (χ4v) is 2.75. The standard InChI is InChI=1S/C15H21F3N2O/c1-12-10-13(15(16,17)18)11-20(14(12)21)9-5-8-19-6-3-2-4-7-19/h10-11H,2-9H2,1H3. The molecular weight excluding hydrogens is 281 g/mol. The van der Waals surface area contributed by atoms with Gasteiger partial charge in [-0.2, -0.15) is 13.2 Å². The van der Waals surface area contributed by atoms with Crippen LogP contribution in [-0.4, -0.2) is 29.1 Å². The second-order valence-corrected chi connectivity index (χ2v) is 5.66. The highest BCUT2D eigenvalue weighted by atomic mass is 19.4. The number of aryl methyl sites for hydroxylation is 2. The zero-order valence-corrected chi connectivity index (χ0v) is 12.2. The van der Waals surface area contributed by atoms with Gasteiger partial charge in [-0.1, -0.05) is 6.42 Å². The van der Waals surface area contributed by atoms with E-state index in [2.05, 4.69) is 4.90 Å². The Hall–Kier alpha value is -1.30. The van der Waals surface area contributed by atoms with Crippen LogP contribution in [0.1, 0.15) is 36.8 Å². The van der Waals surface area contributed by atoms with Crippen molar-refractivity contribution in [2.45, 2.75) is 45.3 Å². The van der Waals surface area contributed by atoms with Crippen LogP contribution in [0.5, 0.6) is 0 Å². The third-order valence-corrected chi connectivity index (χ3v) is 3.91. The molecular formula is C15H21F3N2O. The van der Waals surface area contributed by atoms with Crippen LogP contribution in [0, 0.1) is 6.92 Å². The fraction of sp³-hybridized carbons (Fsp3) is 0.667. The first-order valence-electron chi connectivity index (χ1n) is 7.38. The number of alkyl halides is 3. The van der Waals surface area contributed by atoms with E-state index in [9.17, 15) is 18.0 Å². The number of nitrogens with zero attached hydrogens (tertiary/aromatic N) is 2. The SMILES string of the molecule is Cc1cc(C(F)(F)F)cn(CCCN2CCCCC2)c1=O. The van der Waals surface area contributed by atoms with Gasteiger partial charge in [0.15, 0.2) is 0 Å². The summed E-state index contributed by atoms with van der Waals surface area (Å²) in [4.78, 5) is 14.2. The first-order valence-corrected chi connectivity index (χ1v) is 7.38. The Bertz CT molecular complexity index is 531. The normalized spacial score (nSPS) is 17.1. The number of hydrogen-bond donors (Lipinski definition) is 0. The number of hydrogen-bond acceptors (Lipinski definition) is 2. The Labute approximate surface area is 122 Å². The summed E-state index contributed by atoms with van der Waals surface area (Å²) in [6, 6.07) is 0.920. The minimum absolute atomic E-state index is 0.141. The van der Waals surface area contributed by atoms with Crippen LogP contribution in [0.25, 0.3) is 0 Å². The van der Waals surface area contributed by atoms with Crippen LogP contribution >= 0.6 is 0 Å². The number of aromatic nitrogens is 1. The highest BCUT2D eigenvalue weighted by Gasteiger charge is 2.31. The highest BCUT2D eigenvalue weighted by Crippen LogP contribution is 2.28. The average Bonchev–Trinajstić information content (AvgIpc) is 2.43. The van der Waals surface area contributed by atoms with Crippen molar-refractivity contribution in [3.8, 4) is 0 Å². The smallest absolute Gasteiger partial charge is 0.315 e. The quantitative estimate of drug-likeness (QED) is 0.854. The van der Waals surface area contributed by atoms with Crippen LogP contribution < -0.4 is 5.56 Å². The van der Waals surface area contributed by atoms with Crippen LogP contribution in [-0.2, 0) is 12.7 Å². The van der Waals surface area contributed by atoms with Crippen LogP contribution in [0.2, 0.25) is 0 Å². The second kappa shape index (κ2) is 6.64. The van der Waals surface area contributed by atoms with Crippen LogP contribution in [0.4, 0.5) is 13.2 Å². The molecule has 0 saturated carbocycles. The summed E-state index contributed by atoms with van der Waals surface area (Å²) in [5, 5.41) is 0. The number of rotatable bonds is 4. The zero-order valence-electron chi connectivity index (χ0n) is 12.2. The van der Waals surface area contributed by atoms with E-state index in [0.29, 0.717) is 13.0 Å². The summed E-state index contributed by atoms with van der Waals surface area (Å²) in [5.41, 5.74) is -0.943. The van der Waals surface area contributed by atoms with Gasteiger partial charge >= 0.3 is 6.18 Å². The van der Waals surface area contributed by atoms with Crippen LogP contribution in [0.3, 0.4) is 0 Å². The molecule has 21 heavy (non-hydrogen) atoms. The molecule has 1 fully saturated rings. The molecule has 0 spiro atoms. The fourth-order valence-electron chi connectivity index (χ4n) is 2.75. The van der Waals surface area contributed by atoms with Gasteiger partial charge in [0.05, 0.1) is 5.56 Å². The minimum atomic E-state index is -4.41. The van der Waals surface area contributed by atoms with E-state index in [-0.39, 0.29) is 11.1 Å². The van der Waals surface area contributed by atoms with Gasteiger partial charge in [-0.15, -0.1) is 0 Å². The Morgan fingerprint density at radius 2 is 1.81 bits per heavy atom. The van der Waals surface area contributed by atoms with Gasteiger partial charge in [-0.3, -0.25) is 4.79 Å². The summed E-state index contributed by atoms with van der Waals surface area (Å²) in [7, 11) is 0. The third kappa shape index (κ3) is 4.33. The molecule has 0 atom stereocenters. The summed E-state index contributed by atoms with van der Waals surface area (Å²) in [6.07, 6.45) is 0.841. The van der Waals surface area contributed by atoms with Gasteiger partial charge in [-0.05, 0) is 51.9 Å². The molecule has 0 aromatic carbocycles. The molecule has 0 aliphatic carbocycles. The van der Waals surface area contributed by atoms with E-state index < -0.39 is 11.7 Å². The number of pyridine rings is 1. The molecule has 1 aromatic rings. The number of halogens is 3. The molecule has 2 heterocycles.